The first-order valence-electron chi connectivity index (χ1n) is 6.96. The number of halogens is 1. The van der Waals surface area contributed by atoms with Crippen LogP contribution in [0.15, 0.2) is 36.5 Å². The van der Waals surface area contributed by atoms with Crippen LogP contribution in [0.25, 0.3) is 0 Å². The third-order valence-corrected chi connectivity index (χ3v) is 3.90. The minimum Gasteiger partial charge on any atom is -0.440 e. The first-order chi connectivity index (χ1) is 10.4. The van der Waals surface area contributed by atoms with Crippen molar-refractivity contribution in [2.75, 3.05) is 4.90 Å². The summed E-state index contributed by atoms with van der Waals surface area (Å²) >= 11 is 5.86. The van der Waals surface area contributed by atoms with E-state index in [1.807, 2.05) is 45.0 Å². The molecule has 0 N–H and O–H groups in total. The van der Waals surface area contributed by atoms with Gasteiger partial charge in [0, 0.05) is 6.20 Å². The SMILES string of the molecule is Cc1ccc(C2N(c3ccnc(Cl)n3)C(=O)OC2(C)C)cc1. The van der Waals surface area contributed by atoms with Gasteiger partial charge in [0.2, 0.25) is 5.28 Å². The number of carbonyl (C=O) groups is 1. The second-order valence-electron chi connectivity index (χ2n) is 5.84. The molecule has 0 aliphatic carbocycles. The lowest BCUT2D eigenvalue weighted by molar-refractivity contribution is 0.0685. The zero-order valence-corrected chi connectivity index (χ0v) is 13.3. The normalized spacial score (nSPS) is 20.1. The van der Waals surface area contributed by atoms with E-state index in [0.717, 1.165) is 11.1 Å². The summed E-state index contributed by atoms with van der Waals surface area (Å²) in [5.41, 5.74) is 1.46. The highest BCUT2D eigenvalue weighted by Gasteiger charge is 2.49. The number of amides is 1. The third-order valence-electron chi connectivity index (χ3n) is 3.72. The van der Waals surface area contributed by atoms with Crippen molar-refractivity contribution >= 4 is 23.5 Å². The monoisotopic (exact) mass is 317 g/mol. The molecule has 6 heteroatoms. The number of aryl methyl sites for hydroxylation is 1. The molecule has 1 aliphatic rings. The number of aromatic nitrogens is 2. The topological polar surface area (TPSA) is 55.3 Å². The van der Waals surface area contributed by atoms with E-state index < -0.39 is 11.7 Å². The number of benzene rings is 1. The van der Waals surface area contributed by atoms with Crippen LogP contribution in [-0.4, -0.2) is 21.7 Å². The molecule has 1 atom stereocenters. The van der Waals surface area contributed by atoms with Crippen LogP contribution in [0.4, 0.5) is 10.6 Å². The maximum atomic E-state index is 12.4. The Morgan fingerprint density at radius 1 is 1.23 bits per heavy atom. The van der Waals surface area contributed by atoms with Crippen molar-refractivity contribution in [3.8, 4) is 0 Å². The highest BCUT2D eigenvalue weighted by molar-refractivity contribution is 6.28. The summed E-state index contributed by atoms with van der Waals surface area (Å²) < 4.78 is 5.54. The van der Waals surface area contributed by atoms with E-state index in [9.17, 15) is 4.79 Å². The number of hydrogen-bond donors (Lipinski definition) is 0. The van der Waals surface area contributed by atoms with Crippen LogP contribution in [0.3, 0.4) is 0 Å². The van der Waals surface area contributed by atoms with Crippen LogP contribution in [0, 0.1) is 6.92 Å². The molecule has 1 aliphatic heterocycles. The van der Waals surface area contributed by atoms with Gasteiger partial charge in [0.05, 0.1) is 0 Å². The molecule has 1 aromatic heterocycles. The number of cyclic esters (lactones) is 1. The first-order valence-corrected chi connectivity index (χ1v) is 7.33. The van der Waals surface area contributed by atoms with Crippen molar-refractivity contribution < 1.29 is 9.53 Å². The van der Waals surface area contributed by atoms with Crippen molar-refractivity contribution in [2.24, 2.45) is 0 Å². The molecule has 1 aromatic carbocycles. The fraction of sp³-hybridized carbons (Fsp3) is 0.312. The zero-order chi connectivity index (χ0) is 15.9. The molecule has 1 amide bonds. The predicted molar refractivity (Wildman–Crippen MR) is 84.0 cm³/mol. The zero-order valence-electron chi connectivity index (χ0n) is 12.6. The van der Waals surface area contributed by atoms with E-state index in [1.54, 1.807) is 6.07 Å². The van der Waals surface area contributed by atoms with Crippen molar-refractivity contribution in [1.29, 1.82) is 0 Å². The van der Waals surface area contributed by atoms with E-state index in [2.05, 4.69) is 9.97 Å². The fourth-order valence-electron chi connectivity index (χ4n) is 2.73. The number of hydrogen-bond acceptors (Lipinski definition) is 4. The number of carbonyl (C=O) groups excluding carboxylic acids is 1. The van der Waals surface area contributed by atoms with Crippen molar-refractivity contribution in [1.82, 2.24) is 9.97 Å². The lowest BCUT2D eigenvalue weighted by Crippen LogP contribution is -2.34. The molecular formula is C16H16ClN3O2. The Bertz CT molecular complexity index is 716. The van der Waals surface area contributed by atoms with Gasteiger partial charge in [-0.15, -0.1) is 0 Å². The van der Waals surface area contributed by atoms with Gasteiger partial charge >= 0.3 is 6.09 Å². The van der Waals surface area contributed by atoms with Gasteiger partial charge in [0.1, 0.15) is 17.5 Å². The van der Waals surface area contributed by atoms with Gasteiger partial charge in [-0.1, -0.05) is 29.8 Å². The lowest BCUT2D eigenvalue weighted by Gasteiger charge is -2.28. The minimum atomic E-state index is -0.677. The molecule has 1 unspecified atom stereocenters. The quantitative estimate of drug-likeness (QED) is 0.788. The van der Waals surface area contributed by atoms with E-state index in [-0.39, 0.29) is 11.3 Å². The summed E-state index contributed by atoms with van der Waals surface area (Å²) in [5.74, 6) is 0.432. The van der Waals surface area contributed by atoms with Crippen molar-refractivity contribution in [2.45, 2.75) is 32.4 Å². The fourth-order valence-corrected chi connectivity index (χ4v) is 2.87. The van der Waals surface area contributed by atoms with E-state index in [0.29, 0.717) is 5.82 Å². The summed E-state index contributed by atoms with van der Waals surface area (Å²) in [7, 11) is 0. The molecule has 0 saturated carbocycles. The average Bonchev–Trinajstić information content (AvgIpc) is 2.69. The van der Waals surface area contributed by atoms with Gasteiger partial charge in [-0.05, 0) is 44.0 Å². The van der Waals surface area contributed by atoms with Crippen LogP contribution in [-0.2, 0) is 4.74 Å². The van der Waals surface area contributed by atoms with Crippen LogP contribution in [0.2, 0.25) is 5.28 Å². The van der Waals surface area contributed by atoms with Crippen molar-refractivity contribution in [3.05, 3.63) is 52.9 Å². The van der Waals surface area contributed by atoms with Gasteiger partial charge in [0.25, 0.3) is 0 Å². The number of nitrogens with zero attached hydrogens (tertiary/aromatic N) is 3. The Morgan fingerprint density at radius 2 is 1.91 bits per heavy atom. The van der Waals surface area contributed by atoms with Crippen LogP contribution >= 0.6 is 11.6 Å². The highest BCUT2D eigenvalue weighted by Crippen LogP contribution is 2.43. The highest BCUT2D eigenvalue weighted by atomic mass is 35.5. The van der Waals surface area contributed by atoms with Gasteiger partial charge < -0.3 is 4.74 Å². The molecule has 0 bridgehead atoms. The Labute approximate surface area is 133 Å². The van der Waals surface area contributed by atoms with Crippen LogP contribution < -0.4 is 4.90 Å². The Morgan fingerprint density at radius 3 is 2.55 bits per heavy atom. The molecule has 22 heavy (non-hydrogen) atoms. The van der Waals surface area contributed by atoms with Gasteiger partial charge in [-0.2, -0.15) is 0 Å². The molecule has 0 radical (unpaired) electrons. The number of anilines is 1. The number of rotatable bonds is 2. The maximum Gasteiger partial charge on any atom is 0.416 e. The molecule has 3 rings (SSSR count). The second-order valence-corrected chi connectivity index (χ2v) is 6.18. The largest absolute Gasteiger partial charge is 0.440 e. The Hall–Kier alpha value is -2.14. The van der Waals surface area contributed by atoms with E-state index in [4.69, 9.17) is 16.3 Å². The summed E-state index contributed by atoms with van der Waals surface area (Å²) in [6.45, 7) is 5.80. The standard InChI is InChI=1S/C16H16ClN3O2/c1-10-4-6-11(7-5-10)13-16(2,3)22-15(21)20(13)12-8-9-18-14(17)19-12/h4-9,13H,1-3H3. The Balaban J connectivity index is 2.10. The maximum absolute atomic E-state index is 12.4. The first kappa shape index (κ1) is 14.8. The van der Waals surface area contributed by atoms with Crippen molar-refractivity contribution in [3.63, 3.8) is 0 Å². The van der Waals surface area contributed by atoms with Gasteiger partial charge in [-0.25, -0.2) is 19.7 Å². The van der Waals surface area contributed by atoms with E-state index >= 15 is 0 Å². The van der Waals surface area contributed by atoms with Crippen LogP contribution in [0.1, 0.15) is 31.0 Å². The Kier molecular flexibility index (Phi) is 3.53. The average molecular weight is 318 g/mol. The predicted octanol–water partition coefficient (Wildman–Crippen LogP) is 3.91. The molecule has 5 nitrogen and oxygen atoms in total. The number of ether oxygens (including phenoxy) is 1. The summed E-state index contributed by atoms with van der Waals surface area (Å²) in [4.78, 5) is 21.9. The summed E-state index contributed by atoms with van der Waals surface area (Å²) in [5, 5.41) is 0.0951. The molecule has 2 aromatic rings. The molecular weight excluding hydrogens is 302 g/mol. The molecule has 2 heterocycles. The molecule has 0 spiro atoms. The molecule has 1 saturated heterocycles. The van der Waals surface area contributed by atoms with Gasteiger partial charge in [-0.3, -0.25) is 0 Å². The second kappa shape index (κ2) is 5.25. The van der Waals surface area contributed by atoms with Gasteiger partial charge in [0.15, 0.2) is 0 Å². The minimum absolute atomic E-state index is 0.0951. The molecule has 1 fully saturated rings. The summed E-state index contributed by atoms with van der Waals surface area (Å²) in [6.07, 6.45) is 1.08. The lowest BCUT2D eigenvalue weighted by atomic mass is 9.91. The molecule has 114 valence electrons. The van der Waals surface area contributed by atoms with Crippen LogP contribution in [0.5, 0.6) is 0 Å². The summed E-state index contributed by atoms with van der Waals surface area (Å²) in [6, 6.07) is 9.39. The van der Waals surface area contributed by atoms with E-state index in [1.165, 1.54) is 11.1 Å². The smallest absolute Gasteiger partial charge is 0.416 e. The third kappa shape index (κ3) is 2.52.